The van der Waals surface area contributed by atoms with E-state index in [4.69, 9.17) is 14.2 Å². The van der Waals surface area contributed by atoms with E-state index in [9.17, 15) is 32.8 Å². The molecule has 4 aromatic rings. The maximum Gasteiger partial charge on any atom is 0.420 e. The molecule has 16 heteroatoms. The van der Waals surface area contributed by atoms with Gasteiger partial charge in [0.05, 0.1) is 12.1 Å². The number of carbonyl (C=O) groups is 4. The third-order valence-corrected chi connectivity index (χ3v) is 7.33. The van der Waals surface area contributed by atoms with Gasteiger partial charge in [0.2, 0.25) is 11.8 Å². The van der Waals surface area contributed by atoms with E-state index < -0.39 is 52.5 Å². The SMILES string of the molecule is CN(C)C(=O)/C=C/CCC(NC(=O)OC(C)(C)C)C(=O)Nc1cccn(Cc2nc3c(Oc4ccc(F)cc4F)cccc3n2C(=O)OC(C)(C)C)c1=O. The zero-order valence-electron chi connectivity index (χ0n) is 31.4. The summed E-state index contributed by atoms with van der Waals surface area (Å²) in [5.41, 5.74) is -2.25. The second-order valence-electron chi connectivity index (χ2n) is 14.4. The van der Waals surface area contributed by atoms with Crippen LogP contribution in [0.4, 0.5) is 24.1 Å². The van der Waals surface area contributed by atoms with Gasteiger partial charge in [0.1, 0.15) is 40.1 Å². The highest BCUT2D eigenvalue weighted by atomic mass is 19.1. The van der Waals surface area contributed by atoms with Gasteiger partial charge in [-0.25, -0.2) is 27.9 Å². The summed E-state index contributed by atoms with van der Waals surface area (Å²) in [6.45, 7) is 9.73. The largest absolute Gasteiger partial charge is 0.452 e. The molecule has 0 aliphatic heterocycles. The lowest BCUT2D eigenvalue weighted by atomic mass is 10.1. The number of benzene rings is 2. The molecule has 3 amide bonds. The molecule has 1 atom stereocenters. The lowest BCUT2D eigenvalue weighted by Crippen LogP contribution is -2.46. The Morgan fingerprint density at radius 2 is 1.65 bits per heavy atom. The van der Waals surface area contributed by atoms with Crippen molar-refractivity contribution in [2.24, 2.45) is 0 Å². The lowest BCUT2D eigenvalue weighted by Gasteiger charge is -2.23. The van der Waals surface area contributed by atoms with Gasteiger partial charge in [-0.2, -0.15) is 0 Å². The Balaban J connectivity index is 1.67. The van der Waals surface area contributed by atoms with Gasteiger partial charge in [0.15, 0.2) is 17.3 Å². The van der Waals surface area contributed by atoms with Crippen molar-refractivity contribution in [1.82, 2.24) is 24.3 Å². The van der Waals surface area contributed by atoms with Gasteiger partial charge in [0.25, 0.3) is 5.56 Å². The molecule has 14 nitrogen and oxygen atoms in total. The number of para-hydroxylation sites is 1. The van der Waals surface area contributed by atoms with Crippen molar-refractivity contribution in [2.75, 3.05) is 19.4 Å². The third-order valence-electron chi connectivity index (χ3n) is 7.33. The van der Waals surface area contributed by atoms with E-state index in [-0.39, 0.29) is 59.3 Å². The van der Waals surface area contributed by atoms with Crippen LogP contribution in [0.25, 0.3) is 11.0 Å². The first-order valence-electron chi connectivity index (χ1n) is 17.0. The van der Waals surface area contributed by atoms with Crippen LogP contribution in [0.2, 0.25) is 0 Å². The number of halogens is 2. The van der Waals surface area contributed by atoms with Crippen molar-refractivity contribution in [3.8, 4) is 11.5 Å². The molecular weight excluding hydrogens is 706 g/mol. The maximum atomic E-state index is 14.5. The Hall–Kier alpha value is -6.06. The summed E-state index contributed by atoms with van der Waals surface area (Å²) in [4.78, 5) is 71.4. The van der Waals surface area contributed by atoms with Crippen molar-refractivity contribution < 1.29 is 42.2 Å². The highest BCUT2D eigenvalue weighted by Crippen LogP contribution is 2.32. The summed E-state index contributed by atoms with van der Waals surface area (Å²) < 4.78 is 47.2. The van der Waals surface area contributed by atoms with Crippen LogP contribution in [-0.4, -0.2) is 74.4 Å². The van der Waals surface area contributed by atoms with Gasteiger partial charge in [-0.05, 0) is 96.9 Å². The predicted molar refractivity (Wildman–Crippen MR) is 196 cm³/mol. The van der Waals surface area contributed by atoms with Gasteiger partial charge < -0.3 is 34.3 Å². The number of nitrogens with one attached hydrogen (secondary N) is 2. The van der Waals surface area contributed by atoms with Crippen LogP contribution >= 0.6 is 0 Å². The van der Waals surface area contributed by atoms with E-state index in [0.29, 0.717) is 6.07 Å². The van der Waals surface area contributed by atoms with E-state index in [1.165, 1.54) is 39.9 Å². The highest BCUT2D eigenvalue weighted by molar-refractivity contribution is 5.96. The van der Waals surface area contributed by atoms with E-state index in [2.05, 4.69) is 15.6 Å². The molecule has 0 saturated carbocycles. The summed E-state index contributed by atoms with van der Waals surface area (Å²) >= 11 is 0. The Morgan fingerprint density at radius 3 is 2.30 bits per heavy atom. The van der Waals surface area contributed by atoms with Crippen molar-refractivity contribution in [3.63, 3.8) is 0 Å². The number of rotatable bonds is 11. The van der Waals surface area contributed by atoms with Crippen LogP contribution in [-0.2, 0) is 25.6 Å². The zero-order valence-corrected chi connectivity index (χ0v) is 31.4. The molecule has 2 aromatic heterocycles. The molecule has 2 aromatic carbocycles. The fourth-order valence-corrected chi connectivity index (χ4v) is 4.94. The van der Waals surface area contributed by atoms with Crippen molar-refractivity contribution in [1.29, 1.82) is 0 Å². The number of hydrogen-bond acceptors (Lipinski definition) is 9. The number of anilines is 1. The first kappa shape index (κ1) is 40.7. The number of allylic oxidation sites excluding steroid dienone is 1. The second-order valence-corrected chi connectivity index (χ2v) is 14.4. The van der Waals surface area contributed by atoms with Crippen LogP contribution in [0.1, 0.15) is 60.2 Å². The minimum absolute atomic E-state index is 0.0315. The van der Waals surface area contributed by atoms with E-state index in [1.807, 2.05) is 0 Å². The Bertz CT molecular complexity index is 2130. The Kier molecular flexibility index (Phi) is 12.6. The average molecular weight is 751 g/mol. The number of imidazole rings is 1. The molecule has 2 heterocycles. The summed E-state index contributed by atoms with van der Waals surface area (Å²) in [5, 5.41) is 5.10. The van der Waals surface area contributed by atoms with Crippen molar-refractivity contribution in [3.05, 3.63) is 94.7 Å². The number of likely N-dealkylation sites (N-methyl/N-ethyl adjacent to an activating group) is 1. The minimum Gasteiger partial charge on any atom is -0.452 e. The average Bonchev–Trinajstić information content (AvgIpc) is 3.42. The van der Waals surface area contributed by atoms with E-state index >= 15 is 0 Å². The topological polar surface area (TPSA) is 163 Å². The molecule has 288 valence electrons. The first-order valence-corrected chi connectivity index (χ1v) is 17.0. The van der Waals surface area contributed by atoms with Gasteiger partial charge in [-0.15, -0.1) is 0 Å². The Morgan fingerprint density at radius 1 is 0.944 bits per heavy atom. The van der Waals surface area contributed by atoms with Gasteiger partial charge in [0, 0.05) is 26.4 Å². The van der Waals surface area contributed by atoms with E-state index in [0.717, 1.165) is 16.7 Å². The molecule has 1 unspecified atom stereocenters. The number of amides is 3. The number of carbonyl (C=O) groups excluding carboxylic acids is 4. The third kappa shape index (κ3) is 11.0. The minimum atomic E-state index is -1.16. The van der Waals surface area contributed by atoms with Gasteiger partial charge >= 0.3 is 12.2 Å². The van der Waals surface area contributed by atoms with Crippen LogP contribution in [0.3, 0.4) is 0 Å². The monoisotopic (exact) mass is 750 g/mol. The second kappa shape index (κ2) is 16.7. The van der Waals surface area contributed by atoms with Gasteiger partial charge in [-0.1, -0.05) is 12.1 Å². The molecule has 4 rings (SSSR count). The number of hydrogen-bond donors (Lipinski definition) is 2. The molecule has 0 fully saturated rings. The summed E-state index contributed by atoms with van der Waals surface area (Å²) in [6.07, 6.45) is 2.96. The number of aromatic nitrogens is 3. The zero-order chi connectivity index (χ0) is 40.0. The highest BCUT2D eigenvalue weighted by Gasteiger charge is 2.27. The van der Waals surface area contributed by atoms with Crippen molar-refractivity contribution in [2.45, 2.75) is 78.2 Å². The fraction of sp³-hybridized carbons (Fsp3) is 0.368. The smallest absolute Gasteiger partial charge is 0.420 e. The molecule has 0 saturated heterocycles. The molecule has 0 aliphatic carbocycles. The molecule has 0 radical (unpaired) electrons. The molecular formula is C38H44F2N6O8. The quantitative estimate of drug-likeness (QED) is 0.166. The number of pyridine rings is 1. The number of nitrogens with zero attached hydrogens (tertiary/aromatic N) is 4. The van der Waals surface area contributed by atoms with E-state index in [1.54, 1.807) is 73.8 Å². The number of fused-ring (bicyclic) bond motifs is 1. The van der Waals surface area contributed by atoms with Crippen LogP contribution in [0.15, 0.2) is 71.7 Å². The summed E-state index contributed by atoms with van der Waals surface area (Å²) in [6, 6.07) is 9.12. The van der Waals surface area contributed by atoms with Crippen LogP contribution < -0.4 is 20.9 Å². The molecule has 0 bridgehead atoms. The molecule has 0 spiro atoms. The normalized spacial score (nSPS) is 12.3. The Labute approximate surface area is 310 Å². The molecule has 0 aliphatic rings. The maximum absolute atomic E-state index is 14.5. The van der Waals surface area contributed by atoms with Crippen molar-refractivity contribution >= 4 is 40.7 Å². The molecule has 2 N–H and O–H groups in total. The van der Waals surface area contributed by atoms with Crippen LogP contribution in [0.5, 0.6) is 11.5 Å². The lowest BCUT2D eigenvalue weighted by molar-refractivity contribution is -0.123. The predicted octanol–water partition coefficient (Wildman–Crippen LogP) is 6.36. The standard InChI is InChI=1S/C38H44F2N6O8/c1-37(2,3)53-35(50)42-25(13-9-10-17-31(47)44(7)8)33(48)41-26-14-12-20-45(34(26)49)22-30-43-32-27(46(30)36(51)54-38(4,5)6)15-11-16-29(32)52-28-19-18-23(39)21-24(28)40/h10-12,14-21,25H,9,13,22H2,1-8H3,(H,41,48)(H,42,50)/b17-10+. The fourth-order valence-electron chi connectivity index (χ4n) is 4.94. The van der Waals surface area contributed by atoms with Crippen LogP contribution in [0, 0.1) is 11.6 Å². The summed E-state index contributed by atoms with van der Waals surface area (Å²) in [5.74, 6) is -2.94. The summed E-state index contributed by atoms with van der Waals surface area (Å²) in [7, 11) is 3.19. The molecule has 54 heavy (non-hydrogen) atoms. The first-order chi connectivity index (χ1) is 25.2. The number of alkyl carbamates (subject to hydrolysis) is 1. The number of ether oxygens (including phenoxy) is 3. The van der Waals surface area contributed by atoms with Gasteiger partial charge in [-0.3, -0.25) is 14.4 Å².